The largest absolute Gasteiger partial charge is 0.488 e. The lowest BCUT2D eigenvalue weighted by Gasteiger charge is -2.29. The predicted molar refractivity (Wildman–Crippen MR) is 112 cm³/mol. The molecule has 1 saturated carbocycles. The second-order valence-corrected chi connectivity index (χ2v) is 7.86. The number of hydrogen-bond donors (Lipinski definition) is 1. The molecule has 0 unspecified atom stereocenters. The lowest BCUT2D eigenvalue weighted by atomic mass is 9.86. The van der Waals surface area contributed by atoms with Gasteiger partial charge in [-0.15, -0.1) is 0 Å². The molecule has 0 heterocycles. The Balaban J connectivity index is 1.53. The Morgan fingerprint density at radius 2 is 1.79 bits per heavy atom. The molecule has 2 aromatic rings. The van der Waals surface area contributed by atoms with Gasteiger partial charge in [0, 0.05) is 11.1 Å². The van der Waals surface area contributed by atoms with Crippen molar-refractivity contribution < 1.29 is 19.1 Å². The quantitative estimate of drug-likeness (QED) is 0.661. The first-order valence-corrected chi connectivity index (χ1v) is 10.3. The summed E-state index contributed by atoms with van der Waals surface area (Å²) in [4.78, 5) is 24.7. The van der Waals surface area contributed by atoms with Crippen molar-refractivity contribution in [1.29, 1.82) is 0 Å². The molecule has 0 saturated heterocycles. The van der Waals surface area contributed by atoms with Crippen molar-refractivity contribution in [3.63, 3.8) is 0 Å². The summed E-state index contributed by atoms with van der Waals surface area (Å²) >= 11 is 5.89. The van der Waals surface area contributed by atoms with Crippen molar-refractivity contribution in [2.45, 2.75) is 45.3 Å². The first-order valence-electron chi connectivity index (χ1n) is 9.95. The summed E-state index contributed by atoms with van der Waals surface area (Å²) in [5.74, 6) is 0.0133. The normalized spacial score (nSPS) is 18.7. The zero-order valence-corrected chi connectivity index (χ0v) is 17.3. The fourth-order valence-electron chi connectivity index (χ4n) is 3.49. The Labute approximate surface area is 176 Å². The van der Waals surface area contributed by atoms with Crippen LogP contribution in [0.2, 0.25) is 5.02 Å². The monoisotopic (exact) mass is 415 g/mol. The molecule has 1 aliphatic rings. The van der Waals surface area contributed by atoms with E-state index in [4.69, 9.17) is 21.1 Å². The predicted octanol–water partition coefficient (Wildman–Crippen LogP) is 4.77. The van der Waals surface area contributed by atoms with Gasteiger partial charge in [0.2, 0.25) is 0 Å². The number of benzene rings is 2. The van der Waals surface area contributed by atoms with Gasteiger partial charge in [-0.25, -0.2) is 4.79 Å². The van der Waals surface area contributed by atoms with Crippen LogP contribution in [0.1, 0.15) is 48.5 Å². The second-order valence-electron chi connectivity index (χ2n) is 7.42. The molecule has 0 bridgehead atoms. The number of amides is 1. The molecule has 2 atom stereocenters. The summed E-state index contributed by atoms with van der Waals surface area (Å²) in [6.07, 6.45) is 4.41. The Bertz CT molecular complexity index is 837. The van der Waals surface area contributed by atoms with E-state index in [9.17, 15) is 9.59 Å². The minimum atomic E-state index is -0.580. The summed E-state index contributed by atoms with van der Waals surface area (Å²) < 4.78 is 11.0. The van der Waals surface area contributed by atoms with Crippen molar-refractivity contribution in [1.82, 2.24) is 5.32 Å². The SMILES string of the molecule is C[C@@H]1CCCC[C@H]1NC(=O)COC(=O)c1ccccc1OCc1ccc(Cl)cc1. The number of carbonyl (C=O) groups is 2. The zero-order valence-electron chi connectivity index (χ0n) is 16.5. The van der Waals surface area contributed by atoms with Crippen LogP contribution in [-0.2, 0) is 16.1 Å². The molecule has 0 aromatic heterocycles. The highest BCUT2D eigenvalue weighted by atomic mass is 35.5. The lowest BCUT2D eigenvalue weighted by molar-refractivity contribution is -0.125. The fraction of sp³-hybridized carbons (Fsp3) is 0.391. The van der Waals surface area contributed by atoms with Crippen molar-refractivity contribution >= 4 is 23.5 Å². The number of rotatable bonds is 7. The van der Waals surface area contributed by atoms with Gasteiger partial charge in [0.1, 0.15) is 17.9 Å². The lowest BCUT2D eigenvalue weighted by Crippen LogP contribution is -2.42. The van der Waals surface area contributed by atoms with Crippen LogP contribution in [0.25, 0.3) is 0 Å². The van der Waals surface area contributed by atoms with E-state index in [0.29, 0.717) is 28.9 Å². The van der Waals surface area contributed by atoms with Gasteiger partial charge in [-0.3, -0.25) is 4.79 Å². The van der Waals surface area contributed by atoms with E-state index in [1.165, 1.54) is 6.42 Å². The topological polar surface area (TPSA) is 64.6 Å². The van der Waals surface area contributed by atoms with E-state index < -0.39 is 5.97 Å². The Morgan fingerprint density at radius 1 is 1.07 bits per heavy atom. The van der Waals surface area contributed by atoms with Crippen molar-refractivity contribution in [2.75, 3.05) is 6.61 Å². The molecule has 0 radical (unpaired) electrons. The highest BCUT2D eigenvalue weighted by Gasteiger charge is 2.23. The van der Waals surface area contributed by atoms with Crippen molar-refractivity contribution in [2.24, 2.45) is 5.92 Å². The molecule has 29 heavy (non-hydrogen) atoms. The van der Waals surface area contributed by atoms with Gasteiger partial charge in [0.15, 0.2) is 6.61 Å². The van der Waals surface area contributed by atoms with E-state index in [1.807, 2.05) is 12.1 Å². The molecule has 5 nitrogen and oxygen atoms in total. The van der Waals surface area contributed by atoms with Crippen LogP contribution in [0.5, 0.6) is 5.75 Å². The minimum absolute atomic E-state index is 0.157. The van der Waals surface area contributed by atoms with Gasteiger partial charge in [-0.1, -0.05) is 55.6 Å². The van der Waals surface area contributed by atoms with Gasteiger partial charge in [0.25, 0.3) is 5.91 Å². The summed E-state index contributed by atoms with van der Waals surface area (Å²) in [6.45, 7) is 2.14. The Hall–Kier alpha value is -2.53. The molecule has 2 aromatic carbocycles. The van der Waals surface area contributed by atoms with Crippen LogP contribution in [-0.4, -0.2) is 24.5 Å². The molecule has 1 N–H and O–H groups in total. The van der Waals surface area contributed by atoms with Crippen LogP contribution in [0, 0.1) is 5.92 Å². The highest BCUT2D eigenvalue weighted by Crippen LogP contribution is 2.24. The zero-order chi connectivity index (χ0) is 20.6. The number of carbonyl (C=O) groups excluding carboxylic acids is 2. The molecule has 6 heteroatoms. The average Bonchev–Trinajstić information content (AvgIpc) is 2.73. The molecule has 1 aliphatic carbocycles. The first kappa shape index (κ1) is 21.2. The summed E-state index contributed by atoms with van der Waals surface area (Å²) in [7, 11) is 0. The molecule has 1 amide bonds. The van der Waals surface area contributed by atoms with Gasteiger partial charge in [-0.05, 0) is 48.6 Å². The third-order valence-corrected chi connectivity index (χ3v) is 5.46. The number of halogens is 1. The maximum Gasteiger partial charge on any atom is 0.342 e. The van der Waals surface area contributed by atoms with Crippen LogP contribution >= 0.6 is 11.6 Å². The molecule has 154 valence electrons. The first-order chi connectivity index (χ1) is 14.0. The van der Waals surface area contributed by atoms with E-state index in [-0.39, 0.29) is 18.6 Å². The fourth-order valence-corrected chi connectivity index (χ4v) is 3.62. The molecule has 0 aliphatic heterocycles. The van der Waals surface area contributed by atoms with Crippen LogP contribution in [0.4, 0.5) is 0 Å². The third-order valence-electron chi connectivity index (χ3n) is 5.21. The maximum atomic E-state index is 12.5. The molecular weight excluding hydrogens is 390 g/mol. The maximum absolute atomic E-state index is 12.5. The summed E-state index contributed by atoms with van der Waals surface area (Å²) in [5, 5.41) is 3.63. The number of para-hydroxylation sites is 1. The summed E-state index contributed by atoms with van der Waals surface area (Å²) in [5.41, 5.74) is 1.22. The number of nitrogens with one attached hydrogen (secondary N) is 1. The van der Waals surface area contributed by atoms with Crippen LogP contribution in [0.3, 0.4) is 0 Å². The average molecular weight is 416 g/mol. The third kappa shape index (κ3) is 6.23. The minimum Gasteiger partial charge on any atom is -0.488 e. The van der Waals surface area contributed by atoms with Crippen LogP contribution in [0.15, 0.2) is 48.5 Å². The van der Waals surface area contributed by atoms with Gasteiger partial charge in [0.05, 0.1) is 0 Å². The summed E-state index contributed by atoms with van der Waals surface area (Å²) in [6, 6.07) is 14.3. The number of ether oxygens (including phenoxy) is 2. The highest BCUT2D eigenvalue weighted by molar-refractivity contribution is 6.30. The molecular formula is C23H26ClNO4. The van der Waals surface area contributed by atoms with Gasteiger partial charge >= 0.3 is 5.97 Å². The standard InChI is InChI=1S/C23H26ClNO4/c1-16-6-2-4-8-20(16)25-22(26)15-29-23(27)19-7-3-5-9-21(19)28-14-17-10-12-18(24)13-11-17/h3,5,7,9-13,16,20H,2,4,6,8,14-15H2,1H3,(H,25,26)/t16-,20-/m1/s1. The Morgan fingerprint density at radius 3 is 2.55 bits per heavy atom. The van der Waals surface area contributed by atoms with Crippen molar-refractivity contribution in [3.8, 4) is 5.75 Å². The number of esters is 1. The Kier molecular flexibility index (Phi) is 7.53. The van der Waals surface area contributed by atoms with E-state index in [1.54, 1.807) is 36.4 Å². The smallest absolute Gasteiger partial charge is 0.342 e. The number of hydrogen-bond acceptors (Lipinski definition) is 4. The van der Waals surface area contributed by atoms with Crippen LogP contribution < -0.4 is 10.1 Å². The second kappa shape index (κ2) is 10.3. The van der Waals surface area contributed by atoms with Gasteiger partial charge in [-0.2, -0.15) is 0 Å². The molecule has 1 fully saturated rings. The van der Waals surface area contributed by atoms with E-state index >= 15 is 0 Å². The van der Waals surface area contributed by atoms with E-state index in [2.05, 4.69) is 12.2 Å². The van der Waals surface area contributed by atoms with E-state index in [0.717, 1.165) is 24.8 Å². The molecule has 3 rings (SSSR count). The van der Waals surface area contributed by atoms with Gasteiger partial charge < -0.3 is 14.8 Å². The van der Waals surface area contributed by atoms with Crippen molar-refractivity contribution in [3.05, 3.63) is 64.7 Å². The molecule has 0 spiro atoms.